The Labute approximate surface area is 154 Å². The molecular weight excluding hydrogens is 350 g/mol. The van der Waals surface area contributed by atoms with Crippen LogP contribution in [-0.4, -0.2) is 17.5 Å². The molecule has 2 heterocycles. The van der Waals surface area contributed by atoms with Crippen molar-refractivity contribution in [2.24, 2.45) is 0 Å². The summed E-state index contributed by atoms with van der Waals surface area (Å²) < 4.78 is 32.3. The molecule has 6 heteroatoms. The lowest BCUT2D eigenvalue weighted by Crippen LogP contribution is -2.20. The SMILES string of the molecule is O=C(Nc1ccc(F)c(F)c1)c1cccc2c1OCCC2c1ccncc1. The summed E-state index contributed by atoms with van der Waals surface area (Å²) in [5.74, 6) is -1.79. The van der Waals surface area contributed by atoms with Crippen LogP contribution in [0.2, 0.25) is 0 Å². The first-order valence-corrected chi connectivity index (χ1v) is 8.55. The van der Waals surface area contributed by atoms with Crippen molar-refractivity contribution in [3.8, 4) is 5.75 Å². The third-order valence-corrected chi connectivity index (χ3v) is 4.60. The molecule has 2 aromatic carbocycles. The van der Waals surface area contributed by atoms with Crippen molar-refractivity contribution in [3.63, 3.8) is 0 Å². The molecule has 136 valence electrons. The van der Waals surface area contributed by atoms with Gasteiger partial charge in [0.1, 0.15) is 5.75 Å². The Hall–Kier alpha value is -3.28. The van der Waals surface area contributed by atoms with Gasteiger partial charge in [0.25, 0.3) is 5.91 Å². The van der Waals surface area contributed by atoms with Crippen LogP contribution in [0.1, 0.15) is 33.8 Å². The highest BCUT2D eigenvalue weighted by atomic mass is 19.2. The molecule has 0 saturated heterocycles. The maximum atomic E-state index is 13.4. The predicted molar refractivity (Wildman–Crippen MR) is 96.9 cm³/mol. The maximum Gasteiger partial charge on any atom is 0.259 e. The normalized spacial score (nSPS) is 15.6. The fourth-order valence-electron chi connectivity index (χ4n) is 3.32. The Kier molecular flexibility index (Phi) is 4.54. The molecule has 0 spiro atoms. The zero-order chi connectivity index (χ0) is 18.8. The monoisotopic (exact) mass is 366 g/mol. The molecule has 1 amide bonds. The highest BCUT2D eigenvalue weighted by Gasteiger charge is 2.27. The van der Waals surface area contributed by atoms with Crippen LogP contribution in [0, 0.1) is 11.6 Å². The van der Waals surface area contributed by atoms with Gasteiger partial charge in [-0.1, -0.05) is 12.1 Å². The van der Waals surface area contributed by atoms with Gasteiger partial charge in [0.15, 0.2) is 11.6 Å². The van der Waals surface area contributed by atoms with Crippen molar-refractivity contribution in [1.29, 1.82) is 0 Å². The molecule has 4 nitrogen and oxygen atoms in total. The van der Waals surface area contributed by atoms with Gasteiger partial charge >= 0.3 is 0 Å². The lowest BCUT2D eigenvalue weighted by Gasteiger charge is -2.27. The number of para-hydroxylation sites is 1. The first-order chi connectivity index (χ1) is 13.1. The third kappa shape index (κ3) is 3.38. The van der Waals surface area contributed by atoms with E-state index in [0.717, 1.165) is 29.7 Å². The third-order valence-electron chi connectivity index (χ3n) is 4.60. The number of carbonyl (C=O) groups excluding carboxylic acids is 1. The first-order valence-electron chi connectivity index (χ1n) is 8.55. The van der Waals surface area contributed by atoms with E-state index in [9.17, 15) is 13.6 Å². The van der Waals surface area contributed by atoms with E-state index in [2.05, 4.69) is 10.3 Å². The van der Waals surface area contributed by atoms with Gasteiger partial charge in [-0.3, -0.25) is 9.78 Å². The summed E-state index contributed by atoms with van der Waals surface area (Å²) in [4.78, 5) is 16.8. The van der Waals surface area contributed by atoms with Gasteiger partial charge in [0.05, 0.1) is 12.2 Å². The number of nitrogens with zero attached hydrogens (tertiary/aromatic N) is 1. The van der Waals surface area contributed by atoms with E-state index in [-0.39, 0.29) is 11.6 Å². The highest BCUT2D eigenvalue weighted by Crippen LogP contribution is 2.40. The molecule has 27 heavy (non-hydrogen) atoms. The number of rotatable bonds is 3. The van der Waals surface area contributed by atoms with Crippen LogP contribution < -0.4 is 10.1 Å². The van der Waals surface area contributed by atoms with Gasteiger partial charge in [-0.2, -0.15) is 0 Å². The molecule has 4 rings (SSSR count). The number of hydrogen-bond donors (Lipinski definition) is 1. The Bertz CT molecular complexity index is 993. The molecule has 0 fully saturated rings. The molecule has 1 aliphatic rings. The smallest absolute Gasteiger partial charge is 0.259 e. The second-order valence-electron chi connectivity index (χ2n) is 6.28. The summed E-state index contributed by atoms with van der Waals surface area (Å²) in [7, 11) is 0. The second kappa shape index (κ2) is 7.15. The number of benzene rings is 2. The van der Waals surface area contributed by atoms with Crippen LogP contribution in [0.3, 0.4) is 0 Å². The number of fused-ring (bicyclic) bond motifs is 1. The zero-order valence-corrected chi connectivity index (χ0v) is 14.3. The van der Waals surface area contributed by atoms with Crippen LogP contribution in [0.4, 0.5) is 14.5 Å². The van der Waals surface area contributed by atoms with Gasteiger partial charge in [-0.15, -0.1) is 0 Å². The van der Waals surface area contributed by atoms with Crippen LogP contribution >= 0.6 is 0 Å². The number of anilines is 1. The Morgan fingerprint density at radius 3 is 2.67 bits per heavy atom. The van der Waals surface area contributed by atoms with E-state index in [4.69, 9.17) is 4.74 Å². The van der Waals surface area contributed by atoms with Crippen molar-refractivity contribution in [2.45, 2.75) is 12.3 Å². The Morgan fingerprint density at radius 2 is 1.89 bits per heavy atom. The minimum atomic E-state index is -1.02. The molecule has 3 aromatic rings. The van der Waals surface area contributed by atoms with Crippen LogP contribution in [0.15, 0.2) is 60.9 Å². The van der Waals surface area contributed by atoms with Gasteiger partial charge in [0, 0.05) is 35.6 Å². The number of carbonyl (C=O) groups is 1. The van der Waals surface area contributed by atoms with Gasteiger partial charge in [-0.25, -0.2) is 8.78 Å². The standard InChI is InChI=1S/C21H16F2N2O2/c22-18-5-4-14(12-19(18)23)25-21(26)17-3-1-2-16-15(8-11-27-20(16)17)13-6-9-24-10-7-13/h1-7,9-10,12,15H,8,11H2,(H,25,26). The van der Waals surface area contributed by atoms with Crippen molar-refractivity contribution in [2.75, 3.05) is 11.9 Å². The van der Waals surface area contributed by atoms with E-state index < -0.39 is 17.5 Å². The number of ether oxygens (including phenoxy) is 1. The summed E-state index contributed by atoms with van der Waals surface area (Å²) in [6.45, 7) is 0.482. The summed E-state index contributed by atoms with van der Waals surface area (Å²) in [6.07, 6.45) is 4.28. The maximum absolute atomic E-state index is 13.4. The van der Waals surface area contributed by atoms with Gasteiger partial charge < -0.3 is 10.1 Å². The van der Waals surface area contributed by atoms with Crippen molar-refractivity contribution in [3.05, 3.63) is 89.2 Å². The number of halogens is 2. The van der Waals surface area contributed by atoms with E-state index >= 15 is 0 Å². The summed E-state index contributed by atoms with van der Waals surface area (Å²) in [5, 5.41) is 2.60. The highest BCUT2D eigenvalue weighted by molar-refractivity contribution is 6.06. The van der Waals surface area contributed by atoms with E-state index in [1.807, 2.05) is 18.2 Å². The number of aromatic nitrogens is 1. The average molecular weight is 366 g/mol. The van der Waals surface area contributed by atoms with E-state index in [1.54, 1.807) is 24.5 Å². The van der Waals surface area contributed by atoms with Crippen molar-refractivity contribution >= 4 is 11.6 Å². The molecule has 0 bridgehead atoms. The molecule has 1 unspecified atom stereocenters. The molecule has 1 aromatic heterocycles. The zero-order valence-electron chi connectivity index (χ0n) is 14.3. The molecular formula is C21H16F2N2O2. The fraction of sp³-hybridized carbons (Fsp3) is 0.143. The summed E-state index contributed by atoms with van der Waals surface area (Å²) in [5.41, 5.74) is 2.56. The number of nitrogens with one attached hydrogen (secondary N) is 1. The predicted octanol–water partition coefficient (Wildman–Crippen LogP) is 4.53. The lowest BCUT2D eigenvalue weighted by atomic mass is 9.86. The number of pyridine rings is 1. The largest absolute Gasteiger partial charge is 0.492 e. The Morgan fingerprint density at radius 1 is 1.07 bits per heavy atom. The first kappa shape index (κ1) is 17.1. The van der Waals surface area contributed by atoms with Gasteiger partial charge in [0.2, 0.25) is 0 Å². The van der Waals surface area contributed by atoms with Crippen molar-refractivity contribution in [1.82, 2.24) is 4.98 Å². The number of hydrogen-bond acceptors (Lipinski definition) is 3. The molecule has 1 aliphatic heterocycles. The Balaban J connectivity index is 1.66. The van der Waals surface area contributed by atoms with Crippen LogP contribution in [0.5, 0.6) is 5.75 Å². The average Bonchev–Trinajstić information content (AvgIpc) is 2.70. The van der Waals surface area contributed by atoms with Gasteiger partial charge in [-0.05, 0) is 42.3 Å². The van der Waals surface area contributed by atoms with Crippen LogP contribution in [0.25, 0.3) is 0 Å². The fourth-order valence-corrected chi connectivity index (χ4v) is 3.32. The molecule has 0 saturated carbocycles. The molecule has 1 atom stereocenters. The van der Waals surface area contributed by atoms with Crippen LogP contribution in [-0.2, 0) is 0 Å². The minimum absolute atomic E-state index is 0.104. The topological polar surface area (TPSA) is 51.2 Å². The molecule has 0 aliphatic carbocycles. The lowest BCUT2D eigenvalue weighted by molar-refractivity contribution is 0.102. The molecule has 0 radical (unpaired) electrons. The summed E-state index contributed by atoms with van der Waals surface area (Å²) >= 11 is 0. The van der Waals surface area contributed by atoms with E-state index in [1.165, 1.54) is 6.07 Å². The van der Waals surface area contributed by atoms with Crippen molar-refractivity contribution < 1.29 is 18.3 Å². The quantitative estimate of drug-likeness (QED) is 0.741. The second-order valence-corrected chi connectivity index (χ2v) is 6.28. The minimum Gasteiger partial charge on any atom is -0.492 e. The number of amides is 1. The summed E-state index contributed by atoms with van der Waals surface area (Å²) in [6, 6.07) is 12.5. The molecule has 1 N–H and O–H groups in total. The van der Waals surface area contributed by atoms with E-state index in [0.29, 0.717) is 17.9 Å².